The van der Waals surface area contributed by atoms with Crippen LogP contribution < -0.4 is 51.4 Å². The van der Waals surface area contributed by atoms with Crippen molar-refractivity contribution in [2.24, 2.45) is 5.11 Å². The average Bonchev–Trinajstić information content (AvgIpc) is 2.11. The van der Waals surface area contributed by atoms with Gasteiger partial charge in [0.1, 0.15) is 0 Å². The maximum absolute atomic E-state index is 12.2. The maximum atomic E-state index is 12.2. The van der Waals surface area contributed by atoms with Crippen molar-refractivity contribution in [2.45, 2.75) is 18.1 Å². The summed E-state index contributed by atoms with van der Waals surface area (Å²) in [5.41, 5.74) is 9.09. The summed E-state index contributed by atoms with van der Waals surface area (Å²) in [7, 11) is 0. The molecule has 0 atom stereocenters. The molecule has 0 unspecified atom stereocenters. The molecule has 0 amide bonds. The zero-order chi connectivity index (χ0) is 12.3. The van der Waals surface area contributed by atoms with Crippen LogP contribution in [-0.2, 0) is 6.32 Å². The summed E-state index contributed by atoms with van der Waals surface area (Å²) in [5, 5.41) is 3.33. The number of hydrogen-bond donors (Lipinski definition) is 1. The second-order valence-electron chi connectivity index (χ2n) is 3.36. The summed E-state index contributed by atoms with van der Waals surface area (Å²) in [6.07, 6.45) is -0.998. The minimum atomic E-state index is -4.90. The van der Waals surface area contributed by atoms with Gasteiger partial charge in [-0.1, -0.05) is 23.1 Å². The van der Waals surface area contributed by atoms with Crippen LogP contribution in [0, 0.1) is 6.92 Å². The molecule has 0 fully saturated rings. The molecule has 0 saturated carbocycles. The van der Waals surface area contributed by atoms with Crippen LogP contribution in [0.3, 0.4) is 0 Å². The quantitative estimate of drug-likeness (QED) is 0.285. The number of nitrogens with zero attached hydrogens (tertiary/aromatic N) is 3. The van der Waals surface area contributed by atoms with Gasteiger partial charge >= 0.3 is 58.4 Å². The molecule has 0 aliphatic carbocycles. The molecule has 0 aliphatic heterocycles. The molecule has 1 rings (SSSR count). The Morgan fingerprint density at radius 2 is 2.00 bits per heavy atom. The fourth-order valence-corrected chi connectivity index (χ4v) is 1.56. The van der Waals surface area contributed by atoms with E-state index in [2.05, 4.69) is 22.7 Å². The first-order valence-electron chi connectivity index (χ1n) is 4.42. The maximum Gasteiger partial charge on any atom is 1.00 e. The van der Waals surface area contributed by atoms with Gasteiger partial charge < -0.3 is 12.9 Å². The van der Waals surface area contributed by atoms with E-state index in [1.54, 1.807) is 6.92 Å². The molecule has 0 bridgehead atoms. The third-order valence-corrected chi connectivity index (χ3v) is 2.50. The molecule has 0 heterocycles. The van der Waals surface area contributed by atoms with Crippen LogP contribution in [0.5, 0.6) is 0 Å². The van der Waals surface area contributed by atoms with Crippen molar-refractivity contribution in [3.63, 3.8) is 0 Å². The predicted octanol–water partition coefficient (Wildman–Crippen LogP) is 1.16. The smallest absolute Gasteiger partial charge is 0.449 e. The molecule has 0 N–H and O–H groups in total. The predicted molar refractivity (Wildman–Crippen MR) is 60.0 cm³/mol. The van der Waals surface area contributed by atoms with E-state index in [0.717, 1.165) is 0 Å². The Morgan fingerprint density at radius 3 is 2.47 bits per heavy atom. The Balaban J connectivity index is 0.00000256. The topological polar surface area (TPSA) is 48.8 Å². The minimum Gasteiger partial charge on any atom is -0.449 e. The molecule has 1 aromatic carbocycles. The number of thiol groups is 1. The van der Waals surface area contributed by atoms with Gasteiger partial charge in [0.25, 0.3) is 0 Å². The molecule has 0 radical (unpaired) electrons. The molecule has 17 heavy (non-hydrogen) atoms. The Morgan fingerprint density at radius 1 is 1.41 bits per heavy atom. The van der Waals surface area contributed by atoms with Crippen LogP contribution >= 0.6 is 12.6 Å². The summed E-state index contributed by atoms with van der Waals surface area (Å²) in [4.78, 5) is 2.95. The van der Waals surface area contributed by atoms with Crippen molar-refractivity contribution in [2.75, 3.05) is 0 Å². The van der Waals surface area contributed by atoms with Gasteiger partial charge in [0, 0.05) is 15.5 Å². The van der Waals surface area contributed by atoms with E-state index >= 15 is 0 Å². The van der Waals surface area contributed by atoms with Gasteiger partial charge in [-0.3, -0.25) is 0 Å². The first kappa shape index (κ1) is 17.4. The van der Waals surface area contributed by atoms with Gasteiger partial charge in [0.15, 0.2) is 0 Å². The molecule has 3 nitrogen and oxygen atoms in total. The van der Waals surface area contributed by atoms with E-state index < -0.39 is 13.3 Å². The van der Waals surface area contributed by atoms with Crippen molar-refractivity contribution >= 4 is 25.3 Å². The van der Waals surface area contributed by atoms with Crippen molar-refractivity contribution in [3.8, 4) is 0 Å². The largest absolute Gasteiger partial charge is 1.00 e. The zero-order valence-electron chi connectivity index (χ0n) is 9.36. The van der Waals surface area contributed by atoms with E-state index in [-0.39, 0.29) is 62.6 Å². The van der Waals surface area contributed by atoms with E-state index in [0.29, 0.717) is 10.5 Å². The molecule has 9 heteroatoms. The first-order chi connectivity index (χ1) is 7.33. The first-order valence-corrected chi connectivity index (χ1v) is 4.87. The molecule has 0 saturated heterocycles. The molecule has 0 spiro atoms. The number of benzene rings is 1. The summed E-state index contributed by atoms with van der Waals surface area (Å²) in [6.45, 7) is -3.27. The SMILES string of the molecule is Cc1c(S)cc(C[B-](F)(F)F)cc1N=[N+]=[N-].[K+]. The molecule has 1 aromatic rings. The van der Waals surface area contributed by atoms with E-state index in [1.807, 2.05) is 0 Å². The Kier molecular flexibility index (Phi) is 7.24. The number of rotatable bonds is 3. The van der Waals surface area contributed by atoms with Gasteiger partial charge in [0.05, 0.1) is 0 Å². The molecule has 86 valence electrons. The molecule has 0 aromatic heterocycles. The minimum absolute atomic E-state index is 0. The normalized spacial score (nSPS) is 10.4. The van der Waals surface area contributed by atoms with Crippen molar-refractivity contribution in [3.05, 3.63) is 33.7 Å². The van der Waals surface area contributed by atoms with Crippen LogP contribution in [0.4, 0.5) is 18.6 Å². The standard InChI is InChI=1S/C8H8BF3N3S.K/c1-5-7(14-15-13)2-6(3-8(5)16)4-9(10,11)12;/h2-3,16H,4H2,1H3;/q-1;+1. The average molecular weight is 285 g/mol. The van der Waals surface area contributed by atoms with Crippen LogP contribution in [-0.4, -0.2) is 6.98 Å². The molecular weight excluding hydrogens is 277 g/mol. The van der Waals surface area contributed by atoms with Crippen molar-refractivity contribution < 1.29 is 64.3 Å². The van der Waals surface area contributed by atoms with Crippen molar-refractivity contribution in [1.82, 2.24) is 0 Å². The fraction of sp³-hybridized carbons (Fsp3) is 0.250. The summed E-state index contributed by atoms with van der Waals surface area (Å²) < 4.78 is 36.7. The van der Waals surface area contributed by atoms with Crippen LogP contribution in [0.2, 0.25) is 0 Å². The van der Waals surface area contributed by atoms with Gasteiger partial charge in [-0.2, -0.15) is 0 Å². The second kappa shape index (κ2) is 7.08. The summed E-state index contributed by atoms with van der Waals surface area (Å²) in [6, 6.07) is 2.58. The monoisotopic (exact) mass is 285 g/mol. The Labute approximate surface area is 145 Å². The Bertz CT molecular complexity index is 460. The van der Waals surface area contributed by atoms with Gasteiger partial charge in [-0.05, 0) is 24.1 Å². The van der Waals surface area contributed by atoms with E-state index in [1.165, 1.54) is 12.1 Å². The van der Waals surface area contributed by atoms with Gasteiger partial charge in [-0.15, -0.1) is 12.6 Å². The van der Waals surface area contributed by atoms with E-state index in [9.17, 15) is 12.9 Å². The number of halogens is 3. The third-order valence-electron chi connectivity index (χ3n) is 2.03. The summed E-state index contributed by atoms with van der Waals surface area (Å²) >= 11 is 4.04. The van der Waals surface area contributed by atoms with Gasteiger partial charge in [0.2, 0.25) is 0 Å². The molecule has 0 aliphatic rings. The van der Waals surface area contributed by atoms with E-state index in [4.69, 9.17) is 5.53 Å². The van der Waals surface area contributed by atoms with Gasteiger partial charge in [-0.25, -0.2) is 0 Å². The third kappa shape index (κ3) is 5.69. The van der Waals surface area contributed by atoms with Crippen LogP contribution in [0.25, 0.3) is 10.4 Å². The Hall–Kier alpha value is 0.371. The van der Waals surface area contributed by atoms with Crippen molar-refractivity contribution in [1.29, 1.82) is 0 Å². The van der Waals surface area contributed by atoms with Crippen LogP contribution in [0.15, 0.2) is 22.1 Å². The number of azide groups is 1. The molecular formula is C8H8BF3KN3S. The summed E-state index contributed by atoms with van der Waals surface area (Å²) in [5.74, 6) is 0. The second-order valence-corrected chi connectivity index (χ2v) is 3.84. The number of hydrogen-bond acceptors (Lipinski definition) is 2. The zero-order valence-corrected chi connectivity index (χ0v) is 13.4. The van der Waals surface area contributed by atoms with Crippen LogP contribution in [0.1, 0.15) is 11.1 Å². The fourth-order valence-electron chi connectivity index (χ4n) is 1.28.